The van der Waals surface area contributed by atoms with E-state index in [0.717, 1.165) is 12.2 Å². The predicted octanol–water partition coefficient (Wildman–Crippen LogP) is 2.10. The van der Waals surface area contributed by atoms with Crippen LogP contribution in [0.5, 0.6) is 0 Å². The second kappa shape index (κ2) is 5.51. The normalized spacial score (nSPS) is 20.4. The number of nitrogens with zero attached hydrogens (tertiary/aromatic N) is 4. The Balaban J connectivity index is 1.81. The summed E-state index contributed by atoms with van der Waals surface area (Å²) in [5.74, 6) is 1.19. The van der Waals surface area contributed by atoms with Gasteiger partial charge in [0.05, 0.1) is 6.04 Å². The van der Waals surface area contributed by atoms with E-state index in [2.05, 4.69) is 24.0 Å². The molecule has 0 aromatic carbocycles. The highest BCUT2D eigenvalue weighted by Crippen LogP contribution is 2.30. The van der Waals surface area contributed by atoms with Gasteiger partial charge >= 0.3 is 0 Å². The van der Waals surface area contributed by atoms with Gasteiger partial charge < -0.3 is 4.57 Å². The monoisotopic (exact) mass is 326 g/mol. The summed E-state index contributed by atoms with van der Waals surface area (Å²) in [4.78, 5) is 0. The van der Waals surface area contributed by atoms with Crippen LogP contribution in [0.1, 0.15) is 38.1 Å². The van der Waals surface area contributed by atoms with Crippen molar-refractivity contribution in [2.45, 2.75) is 36.4 Å². The molecule has 3 rings (SSSR count). The lowest BCUT2D eigenvalue weighted by Crippen LogP contribution is -2.29. The highest BCUT2D eigenvalue weighted by atomic mass is 32.2. The smallest absolute Gasteiger partial charge is 0.252 e. The lowest BCUT2D eigenvalue weighted by Gasteiger charge is -2.17. The van der Waals surface area contributed by atoms with Crippen LogP contribution in [-0.2, 0) is 10.0 Å². The maximum absolute atomic E-state index is 12.5. The summed E-state index contributed by atoms with van der Waals surface area (Å²) in [7, 11) is -3.35. The van der Waals surface area contributed by atoms with Crippen LogP contribution in [-0.4, -0.2) is 40.6 Å². The molecule has 0 spiro atoms. The van der Waals surface area contributed by atoms with Gasteiger partial charge in [-0.3, -0.25) is 0 Å². The van der Waals surface area contributed by atoms with E-state index in [9.17, 15) is 8.42 Å². The van der Waals surface area contributed by atoms with Crippen LogP contribution < -0.4 is 0 Å². The molecular weight excluding hydrogens is 308 g/mol. The lowest BCUT2D eigenvalue weighted by molar-refractivity contribution is 0.444. The number of hydrogen-bond donors (Lipinski definition) is 0. The molecular formula is C13H18N4O2S2. The van der Waals surface area contributed by atoms with Crippen molar-refractivity contribution in [3.05, 3.63) is 29.7 Å². The summed E-state index contributed by atoms with van der Waals surface area (Å²) >= 11 is 1.26. The first-order chi connectivity index (χ1) is 10.00. The van der Waals surface area contributed by atoms with Crippen LogP contribution >= 0.6 is 11.3 Å². The maximum atomic E-state index is 12.5. The topological polar surface area (TPSA) is 68.1 Å². The van der Waals surface area contributed by atoms with Crippen molar-refractivity contribution < 1.29 is 8.42 Å². The second-order valence-corrected chi connectivity index (χ2v) is 8.60. The number of thiophene rings is 1. The van der Waals surface area contributed by atoms with Gasteiger partial charge in [0.1, 0.15) is 16.4 Å². The van der Waals surface area contributed by atoms with Crippen molar-refractivity contribution in [3.63, 3.8) is 0 Å². The van der Waals surface area contributed by atoms with Gasteiger partial charge in [0, 0.05) is 19.0 Å². The summed E-state index contributed by atoms with van der Waals surface area (Å²) < 4.78 is 29.0. The third-order valence-electron chi connectivity index (χ3n) is 3.73. The molecule has 0 bridgehead atoms. The molecule has 1 fully saturated rings. The van der Waals surface area contributed by atoms with Crippen molar-refractivity contribution in [3.8, 4) is 0 Å². The standard InChI is InChI=1S/C13H18N4O2S2/c1-10(2)13-15-14-9-17(13)11-5-6-16(8-11)21(18,19)12-4-3-7-20-12/h3-4,7,9-11H,5-6,8H2,1-2H3. The van der Waals surface area contributed by atoms with Gasteiger partial charge in [-0.05, 0) is 17.9 Å². The largest absolute Gasteiger partial charge is 0.313 e. The molecule has 3 heterocycles. The van der Waals surface area contributed by atoms with E-state index in [1.54, 1.807) is 28.1 Å². The Labute approximate surface area is 128 Å². The van der Waals surface area contributed by atoms with Crippen molar-refractivity contribution >= 4 is 21.4 Å². The van der Waals surface area contributed by atoms with Crippen molar-refractivity contribution in [2.24, 2.45) is 0 Å². The van der Waals surface area contributed by atoms with Crippen LogP contribution in [0.4, 0.5) is 0 Å². The Bertz CT molecular complexity index is 706. The lowest BCUT2D eigenvalue weighted by atomic mass is 10.2. The molecule has 114 valence electrons. The predicted molar refractivity (Wildman–Crippen MR) is 80.8 cm³/mol. The van der Waals surface area contributed by atoms with Gasteiger partial charge in [-0.25, -0.2) is 8.42 Å². The molecule has 0 radical (unpaired) electrons. The minimum atomic E-state index is -3.35. The zero-order valence-corrected chi connectivity index (χ0v) is 13.6. The van der Waals surface area contributed by atoms with Crippen LogP contribution in [0.15, 0.2) is 28.0 Å². The molecule has 1 aliphatic rings. The van der Waals surface area contributed by atoms with E-state index < -0.39 is 10.0 Å². The molecule has 1 aliphatic heterocycles. The molecule has 21 heavy (non-hydrogen) atoms. The molecule has 0 N–H and O–H groups in total. The summed E-state index contributed by atoms with van der Waals surface area (Å²) in [6, 6.07) is 3.54. The average Bonchev–Trinajstić information content (AvgIpc) is 3.19. The third kappa shape index (κ3) is 2.63. The van der Waals surface area contributed by atoms with Crippen molar-refractivity contribution in [1.82, 2.24) is 19.1 Å². The molecule has 2 aromatic heterocycles. The molecule has 6 nitrogen and oxygen atoms in total. The van der Waals surface area contributed by atoms with E-state index in [1.165, 1.54) is 11.3 Å². The van der Waals surface area contributed by atoms with Crippen LogP contribution in [0.3, 0.4) is 0 Å². The fraction of sp³-hybridized carbons (Fsp3) is 0.538. The van der Waals surface area contributed by atoms with Gasteiger partial charge in [-0.2, -0.15) is 4.31 Å². The highest BCUT2D eigenvalue weighted by molar-refractivity contribution is 7.91. The Kier molecular flexibility index (Phi) is 3.85. The summed E-state index contributed by atoms with van der Waals surface area (Å²) in [6.07, 6.45) is 2.50. The van der Waals surface area contributed by atoms with E-state index >= 15 is 0 Å². The quantitative estimate of drug-likeness (QED) is 0.863. The van der Waals surface area contributed by atoms with Crippen molar-refractivity contribution in [2.75, 3.05) is 13.1 Å². The van der Waals surface area contributed by atoms with Gasteiger partial charge in [-0.1, -0.05) is 19.9 Å². The SMILES string of the molecule is CC(C)c1nncn1C1CCN(S(=O)(=O)c2cccs2)C1. The van der Waals surface area contributed by atoms with Crippen LogP contribution in [0, 0.1) is 0 Å². The Morgan fingerprint density at radius 2 is 2.24 bits per heavy atom. The Morgan fingerprint density at radius 3 is 2.90 bits per heavy atom. The first-order valence-corrected chi connectivity index (χ1v) is 9.25. The molecule has 1 unspecified atom stereocenters. The second-order valence-electron chi connectivity index (χ2n) is 5.49. The highest BCUT2D eigenvalue weighted by Gasteiger charge is 2.34. The van der Waals surface area contributed by atoms with Gasteiger partial charge in [-0.15, -0.1) is 21.5 Å². The van der Waals surface area contributed by atoms with Gasteiger partial charge in [0.15, 0.2) is 0 Å². The third-order valence-corrected chi connectivity index (χ3v) is 6.96. The minimum Gasteiger partial charge on any atom is -0.313 e. The fourth-order valence-electron chi connectivity index (χ4n) is 2.64. The van der Waals surface area contributed by atoms with Crippen LogP contribution in [0.25, 0.3) is 0 Å². The van der Waals surface area contributed by atoms with Gasteiger partial charge in [0.25, 0.3) is 10.0 Å². The Morgan fingerprint density at radius 1 is 1.43 bits per heavy atom. The zero-order valence-electron chi connectivity index (χ0n) is 12.0. The maximum Gasteiger partial charge on any atom is 0.252 e. The number of aromatic nitrogens is 3. The first kappa shape index (κ1) is 14.7. The van der Waals surface area contributed by atoms with Crippen LogP contribution in [0.2, 0.25) is 0 Å². The summed E-state index contributed by atoms with van der Waals surface area (Å²) in [5, 5.41) is 9.91. The van der Waals surface area contributed by atoms with E-state index in [1.807, 2.05) is 4.57 Å². The molecule has 1 saturated heterocycles. The number of rotatable bonds is 4. The molecule has 2 aromatic rings. The molecule has 0 amide bonds. The van der Waals surface area contributed by atoms with E-state index in [0.29, 0.717) is 17.3 Å². The zero-order chi connectivity index (χ0) is 15.0. The first-order valence-electron chi connectivity index (χ1n) is 6.93. The minimum absolute atomic E-state index is 0.118. The molecule has 0 aliphatic carbocycles. The molecule has 8 heteroatoms. The number of sulfonamides is 1. The summed E-state index contributed by atoms with van der Waals surface area (Å²) in [5.41, 5.74) is 0. The Hall–Kier alpha value is -1.25. The fourth-order valence-corrected chi connectivity index (χ4v) is 5.28. The number of hydrogen-bond acceptors (Lipinski definition) is 5. The van der Waals surface area contributed by atoms with Gasteiger partial charge in [0.2, 0.25) is 0 Å². The van der Waals surface area contributed by atoms with Crippen molar-refractivity contribution in [1.29, 1.82) is 0 Å². The average molecular weight is 326 g/mol. The molecule has 0 saturated carbocycles. The van der Waals surface area contributed by atoms with E-state index in [4.69, 9.17) is 0 Å². The molecule has 1 atom stereocenters. The van der Waals surface area contributed by atoms with E-state index in [-0.39, 0.29) is 12.0 Å². The summed E-state index contributed by atoms with van der Waals surface area (Å²) in [6.45, 7) is 5.16.